The molecule has 1 saturated heterocycles. The SMILES string of the molecule is Cc1c(C(=O)N2C[C@H](C)N(Cc3ccc(F)cc3)C[C@H]2C)c2cc(C(=O)C(=O)N(C)C)ccc2n1C(=O)N(C)C. The summed E-state index contributed by atoms with van der Waals surface area (Å²) in [5, 5.41) is 0.448. The second kappa shape index (κ2) is 11.2. The standard InChI is InChI=1S/C30H36FN5O4/c1-18-16-35(19(2)15-34(18)17-21-8-11-23(31)12-9-21)28(38)26-20(3)36(30(40)33(6)7)25-13-10-22(14-24(25)26)27(37)29(39)32(4)5/h8-14,18-19H,15-17H2,1-7H3/t18-,19+/m0/s1. The number of ketones is 1. The lowest BCUT2D eigenvalue weighted by molar-refractivity contribution is -0.124. The van der Waals surface area contributed by atoms with Crippen LogP contribution in [0.15, 0.2) is 42.5 Å². The molecule has 212 valence electrons. The molecule has 2 aromatic carbocycles. The normalized spacial score (nSPS) is 17.6. The van der Waals surface area contributed by atoms with Gasteiger partial charge >= 0.3 is 6.03 Å². The van der Waals surface area contributed by atoms with E-state index in [0.29, 0.717) is 41.8 Å². The van der Waals surface area contributed by atoms with Crippen molar-refractivity contribution in [2.24, 2.45) is 0 Å². The molecule has 0 unspecified atom stereocenters. The van der Waals surface area contributed by atoms with Crippen LogP contribution in [0.2, 0.25) is 0 Å². The van der Waals surface area contributed by atoms with Crippen LogP contribution in [0.4, 0.5) is 9.18 Å². The Hall–Kier alpha value is -4.05. The quantitative estimate of drug-likeness (QED) is 0.359. The van der Waals surface area contributed by atoms with Gasteiger partial charge in [-0.1, -0.05) is 12.1 Å². The van der Waals surface area contributed by atoms with Crippen LogP contribution in [-0.4, -0.2) is 101 Å². The van der Waals surface area contributed by atoms with Crippen molar-refractivity contribution in [1.82, 2.24) is 24.2 Å². The second-order valence-electron chi connectivity index (χ2n) is 10.9. The fraction of sp³-hybridized carbons (Fsp3) is 0.400. The van der Waals surface area contributed by atoms with Gasteiger partial charge in [0.05, 0.1) is 11.1 Å². The largest absolute Gasteiger partial charge is 0.342 e. The first-order valence-electron chi connectivity index (χ1n) is 13.2. The van der Waals surface area contributed by atoms with Crippen molar-refractivity contribution < 1.29 is 23.6 Å². The zero-order valence-corrected chi connectivity index (χ0v) is 24.1. The molecule has 0 N–H and O–H groups in total. The first kappa shape index (κ1) is 28.9. The first-order valence-corrected chi connectivity index (χ1v) is 13.2. The van der Waals surface area contributed by atoms with E-state index in [1.54, 1.807) is 44.1 Å². The first-order chi connectivity index (χ1) is 18.8. The van der Waals surface area contributed by atoms with Crippen LogP contribution in [0.5, 0.6) is 0 Å². The molecule has 0 saturated carbocycles. The molecule has 3 aromatic rings. The second-order valence-corrected chi connectivity index (χ2v) is 10.9. The number of amides is 3. The summed E-state index contributed by atoms with van der Waals surface area (Å²) in [6, 6.07) is 10.6. The minimum atomic E-state index is -0.689. The van der Waals surface area contributed by atoms with Crippen molar-refractivity contribution in [3.8, 4) is 0 Å². The predicted octanol–water partition coefficient (Wildman–Crippen LogP) is 3.62. The van der Waals surface area contributed by atoms with Gasteiger partial charge in [-0.3, -0.25) is 23.9 Å². The number of aromatic nitrogens is 1. The smallest absolute Gasteiger partial charge is 0.328 e. The maximum atomic E-state index is 14.2. The van der Waals surface area contributed by atoms with Gasteiger partial charge in [0.25, 0.3) is 11.8 Å². The summed E-state index contributed by atoms with van der Waals surface area (Å²) >= 11 is 0. The zero-order valence-electron chi connectivity index (χ0n) is 24.1. The molecular weight excluding hydrogens is 513 g/mol. The van der Waals surface area contributed by atoms with Gasteiger partial charge in [-0.25, -0.2) is 9.18 Å². The van der Waals surface area contributed by atoms with E-state index in [4.69, 9.17) is 0 Å². The number of rotatable bonds is 5. The third kappa shape index (κ3) is 5.36. The maximum Gasteiger partial charge on any atom is 0.328 e. The molecule has 9 nitrogen and oxygen atoms in total. The van der Waals surface area contributed by atoms with Gasteiger partial charge in [-0.05, 0) is 56.7 Å². The molecule has 1 aliphatic rings. The highest BCUT2D eigenvalue weighted by atomic mass is 19.1. The molecule has 3 amide bonds. The minimum Gasteiger partial charge on any atom is -0.342 e. The van der Waals surface area contributed by atoms with Gasteiger partial charge in [-0.15, -0.1) is 0 Å². The molecule has 1 fully saturated rings. The molecule has 4 rings (SSSR count). The summed E-state index contributed by atoms with van der Waals surface area (Å²) in [6.45, 7) is 7.44. The summed E-state index contributed by atoms with van der Waals surface area (Å²) in [7, 11) is 6.27. The molecule has 1 aromatic heterocycles. The van der Waals surface area contributed by atoms with Crippen molar-refractivity contribution in [2.45, 2.75) is 39.4 Å². The number of piperazine rings is 1. The summed E-state index contributed by atoms with van der Waals surface area (Å²) < 4.78 is 14.8. The highest BCUT2D eigenvalue weighted by Crippen LogP contribution is 2.31. The Morgan fingerprint density at radius 1 is 0.900 bits per heavy atom. The minimum absolute atomic E-state index is 0.0251. The van der Waals surface area contributed by atoms with Crippen molar-refractivity contribution in [2.75, 3.05) is 41.3 Å². The van der Waals surface area contributed by atoms with Gasteiger partial charge in [0.1, 0.15) is 5.82 Å². The van der Waals surface area contributed by atoms with E-state index in [1.165, 1.54) is 52.7 Å². The Morgan fingerprint density at radius 2 is 1.55 bits per heavy atom. The van der Waals surface area contributed by atoms with E-state index in [-0.39, 0.29) is 35.4 Å². The number of Topliss-reactive ketones (excluding diaryl/α,β-unsaturated/α-hetero) is 1. The number of carbonyl (C=O) groups is 4. The number of fused-ring (bicyclic) bond motifs is 1. The van der Waals surface area contributed by atoms with Crippen LogP contribution in [-0.2, 0) is 11.3 Å². The molecule has 0 bridgehead atoms. The Morgan fingerprint density at radius 3 is 2.15 bits per heavy atom. The Kier molecular flexibility index (Phi) is 8.11. The van der Waals surface area contributed by atoms with Crippen molar-refractivity contribution in [3.63, 3.8) is 0 Å². The maximum absolute atomic E-state index is 14.2. The highest BCUT2D eigenvalue weighted by Gasteiger charge is 2.35. The number of hydrogen-bond acceptors (Lipinski definition) is 5. The number of hydrogen-bond donors (Lipinski definition) is 0. The molecule has 2 heterocycles. The van der Waals surface area contributed by atoms with E-state index < -0.39 is 11.7 Å². The lowest BCUT2D eigenvalue weighted by atomic mass is 10.0. The summed E-state index contributed by atoms with van der Waals surface area (Å²) in [5.41, 5.74) is 2.44. The van der Waals surface area contributed by atoms with Gasteiger partial charge in [0, 0.05) is 76.6 Å². The van der Waals surface area contributed by atoms with Crippen LogP contribution in [0.3, 0.4) is 0 Å². The molecule has 0 spiro atoms. The van der Waals surface area contributed by atoms with Gasteiger partial charge in [0.2, 0.25) is 5.78 Å². The molecule has 0 aliphatic carbocycles. The molecule has 2 atom stereocenters. The van der Waals surface area contributed by atoms with E-state index >= 15 is 0 Å². The molecule has 40 heavy (non-hydrogen) atoms. The highest BCUT2D eigenvalue weighted by molar-refractivity contribution is 6.43. The van der Waals surface area contributed by atoms with E-state index in [2.05, 4.69) is 4.90 Å². The predicted molar refractivity (Wildman–Crippen MR) is 151 cm³/mol. The number of carbonyl (C=O) groups excluding carboxylic acids is 4. The lowest BCUT2D eigenvalue weighted by Crippen LogP contribution is -2.57. The number of nitrogens with zero attached hydrogens (tertiary/aromatic N) is 5. The summed E-state index contributed by atoms with van der Waals surface area (Å²) in [5.74, 6) is -1.88. The Labute approximate surface area is 233 Å². The van der Waals surface area contributed by atoms with Gasteiger partial charge in [-0.2, -0.15) is 0 Å². The zero-order chi connectivity index (χ0) is 29.5. The van der Waals surface area contributed by atoms with Gasteiger partial charge < -0.3 is 14.7 Å². The fourth-order valence-corrected chi connectivity index (χ4v) is 5.27. The van der Waals surface area contributed by atoms with Crippen LogP contribution in [0, 0.1) is 12.7 Å². The van der Waals surface area contributed by atoms with Crippen LogP contribution in [0.1, 0.15) is 45.8 Å². The topological polar surface area (TPSA) is 86.2 Å². The van der Waals surface area contributed by atoms with Crippen molar-refractivity contribution >= 4 is 34.5 Å². The average Bonchev–Trinajstić information content (AvgIpc) is 3.20. The van der Waals surface area contributed by atoms with E-state index in [1.807, 2.05) is 13.8 Å². The lowest BCUT2D eigenvalue weighted by Gasteiger charge is -2.44. The van der Waals surface area contributed by atoms with Crippen molar-refractivity contribution in [3.05, 3.63) is 70.7 Å². The number of likely N-dealkylation sites (N-methyl/N-ethyl adjacent to an activating group) is 1. The average molecular weight is 550 g/mol. The monoisotopic (exact) mass is 549 g/mol. The third-order valence-corrected chi connectivity index (χ3v) is 7.53. The Bertz CT molecular complexity index is 1480. The van der Waals surface area contributed by atoms with Gasteiger partial charge in [0.15, 0.2) is 0 Å². The van der Waals surface area contributed by atoms with Crippen LogP contribution in [0.25, 0.3) is 10.9 Å². The van der Waals surface area contributed by atoms with E-state index in [0.717, 1.165) is 5.56 Å². The van der Waals surface area contributed by atoms with E-state index in [9.17, 15) is 23.6 Å². The summed E-state index contributed by atoms with van der Waals surface area (Å²) in [6.07, 6.45) is 0. The number of benzene rings is 2. The fourth-order valence-electron chi connectivity index (χ4n) is 5.27. The van der Waals surface area contributed by atoms with Crippen molar-refractivity contribution in [1.29, 1.82) is 0 Å². The molecule has 1 aliphatic heterocycles. The third-order valence-electron chi connectivity index (χ3n) is 7.53. The molecular formula is C30H36FN5O4. The number of halogens is 1. The molecule has 0 radical (unpaired) electrons. The van der Waals surface area contributed by atoms with Crippen LogP contribution >= 0.6 is 0 Å². The summed E-state index contributed by atoms with van der Waals surface area (Å²) in [4.78, 5) is 59.3. The Balaban J connectivity index is 1.72. The molecule has 10 heteroatoms. The van der Waals surface area contributed by atoms with Crippen LogP contribution < -0.4 is 0 Å².